The fourth-order valence-electron chi connectivity index (χ4n) is 5.06. The highest BCUT2D eigenvalue weighted by Gasteiger charge is 2.58. The Morgan fingerprint density at radius 3 is 2.88 bits per heavy atom. The van der Waals surface area contributed by atoms with E-state index in [0.717, 1.165) is 25.1 Å². The van der Waals surface area contributed by atoms with Crippen LogP contribution < -0.4 is 5.32 Å². The van der Waals surface area contributed by atoms with Crippen molar-refractivity contribution in [2.75, 3.05) is 13.6 Å². The molecule has 3 rings (SSSR count). The number of aromatic nitrogens is 1. The van der Waals surface area contributed by atoms with Crippen LogP contribution in [0.2, 0.25) is 0 Å². The number of hydrogen-bond acceptors (Lipinski definition) is 4. The maximum Gasteiger partial charge on any atom is 0.220 e. The molecule has 2 unspecified atom stereocenters. The van der Waals surface area contributed by atoms with Crippen molar-refractivity contribution in [1.29, 1.82) is 0 Å². The molecule has 1 aromatic rings. The summed E-state index contributed by atoms with van der Waals surface area (Å²) in [7, 11) is 2.15. The van der Waals surface area contributed by atoms with Crippen molar-refractivity contribution in [2.45, 2.75) is 57.7 Å². The van der Waals surface area contributed by atoms with E-state index < -0.39 is 6.10 Å². The number of nitrogens with one attached hydrogen (secondary N) is 1. The van der Waals surface area contributed by atoms with E-state index in [2.05, 4.69) is 36.1 Å². The van der Waals surface area contributed by atoms with Gasteiger partial charge in [-0.3, -0.25) is 9.78 Å². The molecule has 1 saturated carbocycles. The molecule has 2 heterocycles. The largest absolute Gasteiger partial charge is 0.391 e. The number of nitrogens with zero attached hydrogens (tertiary/aromatic N) is 2. The third-order valence-corrected chi connectivity index (χ3v) is 5.69. The zero-order valence-electron chi connectivity index (χ0n) is 14.9. The van der Waals surface area contributed by atoms with Crippen LogP contribution in [0.1, 0.15) is 38.8 Å². The number of pyridine rings is 1. The molecule has 1 saturated heterocycles. The summed E-state index contributed by atoms with van der Waals surface area (Å²) in [6.45, 7) is 5.51. The van der Waals surface area contributed by atoms with Crippen LogP contribution >= 0.6 is 0 Å². The molecule has 1 spiro atoms. The Hall–Kier alpha value is -1.46. The average molecular weight is 331 g/mol. The van der Waals surface area contributed by atoms with Gasteiger partial charge in [-0.15, -0.1) is 0 Å². The molecule has 1 aliphatic carbocycles. The number of carbonyl (C=O) groups is 1. The molecule has 4 atom stereocenters. The van der Waals surface area contributed by atoms with Crippen LogP contribution in [0, 0.1) is 11.3 Å². The first kappa shape index (κ1) is 17.4. The lowest BCUT2D eigenvalue weighted by Gasteiger charge is -2.57. The molecule has 132 valence electrons. The van der Waals surface area contributed by atoms with Crippen molar-refractivity contribution in [2.24, 2.45) is 11.3 Å². The maximum absolute atomic E-state index is 12.3. The van der Waals surface area contributed by atoms with Crippen LogP contribution in [0.5, 0.6) is 0 Å². The number of likely N-dealkylation sites (tertiary alicyclic amines) is 1. The number of rotatable bonds is 5. The van der Waals surface area contributed by atoms with E-state index in [0.29, 0.717) is 24.8 Å². The van der Waals surface area contributed by atoms with Gasteiger partial charge in [0.05, 0.1) is 12.1 Å². The fourth-order valence-corrected chi connectivity index (χ4v) is 5.06. The van der Waals surface area contributed by atoms with Crippen LogP contribution in [0.25, 0.3) is 0 Å². The molecule has 0 bridgehead atoms. The van der Waals surface area contributed by atoms with Crippen LogP contribution in [-0.2, 0) is 11.2 Å². The van der Waals surface area contributed by atoms with E-state index in [-0.39, 0.29) is 17.4 Å². The predicted octanol–water partition coefficient (Wildman–Crippen LogP) is 1.61. The Kier molecular flexibility index (Phi) is 4.92. The van der Waals surface area contributed by atoms with Crippen LogP contribution in [0.3, 0.4) is 0 Å². The fraction of sp³-hybridized carbons (Fsp3) is 0.684. The summed E-state index contributed by atoms with van der Waals surface area (Å²) in [5, 5.41) is 13.5. The molecule has 2 N–H and O–H groups in total. The molecule has 0 radical (unpaired) electrons. The molecule has 1 amide bonds. The van der Waals surface area contributed by atoms with E-state index in [4.69, 9.17) is 0 Å². The monoisotopic (exact) mass is 331 g/mol. The number of aryl methyl sites for hydroxylation is 1. The van der Waals surface area contributed by atoms with E-state index in [1.165, 1.54) is 0 Å². The second-order valence-corrected chi connectivity index (χ2v) is 7.94. The zero-order chi connectivity index (χ0) is 17.3. The van der Waals surface area contributed by atoms with Crippen molar-refractivity contribution in [3.63, 3.8) is 0 Å². The molecule has 1 aliphatic heterocycles. The highest BCUT2D eigenvalue weighted by atomic mass is 16.3. The van der Waals surface area contributed by atoms with Gasteiger partial charge in [-0.2, -0.15) is 0 Å². The lowest BCUT2D eigenvalue weighted by molar-refractivity contribution is -0.122. The first-order chi connectivity index (χ1) is 11.4. The minimum absolute atomic E-state index is 0.00975. The molecule has 2 fully saturated rings. The van der Waals surface area contributed by atoms with Gasteiger partial charge in [-0.05, 0) is 44.4 Å². The number of hydrogen-bond donors (Lipinski definition) is 2. The van der Waals surface area contributed by atoms with Crippen molar-refractivity contribution in [3.8, 4) is 0 Å². The molecule has 24 heavy (non-hydrogen) atoms. The summed E-state index contributed by atoms with van der Waals surface area (Å²) < 4.78 is 0. The van der Waals surface area contributed by atoms with Gasteiger partial charge in [0.2, 0.25) is 5.91 Å². The summed E-state index contributed by atoms with van der Waals surface area (Å²) in [4.78, 5) is 18.9. The smallest absolute Gasteiger partial charge is 0.220 e. The summed E-state index contributed by atoms with van der Waals surface area (Å²) in [6.07, 6.45) is 4.05. The number of aliphatic hydroxyl groups is 1. The zero-order valence-corrected chi connectivity index (χ0v) is 14.9. The van der Waals surface area contributed by atoms with Crippen LogP contribution in [-0.4, -0.2) is 52.7 Å². The Labute approximate surface area is 144 Å². The quantitative estimate of drug-likeness (QED) is 0.860. The van der Waals surface area contributed by atoms with Gasteiger partial charge >= 0.3 is 0 Å². The third-order valence-electron chi connectivity index (χ3n) is 5.69. The maximum atomic E-state index is 12.3. The highest BCUT2D eigenvalue weighted by Crippen LogP contribution is 2.52. The van der Waals surface area contributed by atoms with E-state index in [9.17, 15) is 9.90 Å². The molecule has 0 aromatic carbocycles. The summed E-state index contributed by atoms with van der Waals surface area (Å²) in [5.41, 5.74) is 1.10. The number of aliphatic hydroxyl groups excluding tert-OH is 1. The lowest BCUT2D eigenvalue weighted by atomic mass is 9.66. The molecule has 5 heteroatoms. The molecule has 2 aliphatic rings. The van der Waals surface area contributed by atoms with Crippen LogP contribution in [0.15, 0.2) is 24.4 Å². The predicted molar refractivity (Wildman–Crippen MR) is 93.4 cm³/mol. The normalized spacial score (nSPS) is 33.0. The van der Waals surface area contributed by atoms with Gasteiger partial charge in [-0.1, -0.05) is 19.9 Å². The lowest BCUT2D eigenvalue weighted by Crippen LogP contribution is -2.64. The number of amides is 1. The van der Waals surface area contributed by atoms with E-state index in [1.807, 2.05) is 18.2 Å². The first-order valence-electron chi connectivity index (χ1n) is 8.99. The van der Waals surface area contributed by atoms with Crippen molar-refractivity contribution in [1.82, 2.24) is 15.2 Å². The van der Waals surface area contributed by atoms with Gasteiger partial charge < -0.3 is 15.3 Å². The van der Waals surface area contributed by atoms with Gasteiger partial charge in [0.15, 0.2) is 0 Å². The van der Waals surface area contributed by atoms with E-state index in [1.54, 1.807) is 6.20 Å². The van der Waals surface area contributed by atoms with E-state index >= 15 is 0 Å². The van der Waals surface area contributed by atoms with Gasteiger partial charge in [-0.25, -0.2) is 0 Å². The van der Waals surface area contributed by atoms with Gasteiger partial charge in [0.1, 0.15) is 0 Å². The molecular formula is C19H29N3O2. The molecule has 1 aromatic heterocycles. The van der Waals surface area contributed by atoms with Crippen molar-refractivity contribution < 1.29 is 9.90 Å². The minimum Gasteiger partial charge on any atom is -0.391 e. The topological polar surface area (TPSA) is 65.5 Å². The van der Waals surface area contributed by atoms with Crippen molar-refractivity contribution >= 4 is 5.91 Å². The summed E-state index contributed by atoms with van der Waals surface area (Å²) >= 11 is 0. The standard InChI is InChI=1S/C19H29N3O2/c1-13(2)18-19(12-22(18)3)10-15(16(23)11-19)21-17(24)8-7-14-6-4-5-9-20-14/h4-6,9,13,15-16,18,23H,7-8,10-12H2,1-3H3,(H,21,24)/t15-,16-,18?,19?/m1/s1. The second kappa shape index (κ2) is 6.81. The minimum atomic E-state index is -0.432. The Balaban J connectivity index is 1.53. The summed E-state index contributed by atoms with van der Waals surface area (Å²) in [6, 6.07) is 6.13. The number of carbonyl (C=O) groups excluding carboxylic acids is 1. The average Bonchev–Trinajstić information content (AvgIpc) is 2.83. The first-order valence-corrected chi connectivity index (χ1v) is 8.99. The second-order valence-electron chi connectivity index (χ2n) is 7.94. The Bertz CT molecular complexity index is 572. The van der Waals surface area contributed by atoms with Gasteiger partial charge in [0.25, 0.3) is 0 Å². The molecule has 5 nitrogen and oxygen atoms in total. The molecular weight excluding hydrogens is 302 g/mol. The van der Waals surface area contributed by atoms with Crippen LogP contribution in [0.4, 0.5) is 0 Å². The summed E-state index contributed by atoms with van der Waals surface area (Å²) in [5.74, 6) is 0.574. The van der Waals surface area contributed by atoms with Crippen molar-refractivity contribution in [3.05, 3.63) is 30.1 Å². The SMILES string of the molecule is CC(C)C1N(C)CC12C[C@@H](O)[C@H](NC(=O)CCc1ccccn1)C2. The Morgan fingerprint density at radius 1 is 1.46 bits per heavy atom. The highest BCUT2D eigenvalue weighted by molar-refractivity contribution is 5.76. The van der Waals surface area contributed by atoms with Gasteiger partial charge in [0, 0.05) is 36.3 Å². The third kappa shape index (κ3) is 3.33. The Morgan fingerprint density at radius 2 is 2.25 bits per heavy atom.